The van der Waals surface area contributed by atoms with Crippen molar-refractivity contribution in [2.75, 3.05) is 24.7 Å². The molecule has 0 amide bonds. The summed E-state index contributed by atoms with van der Waals surface area (Å²) in [5.41, 5.74) is 4.64. The first-order valence-electron chi connectivity index (χ1n) is 7.01. The molecule has 122 valence electrons. The highest BCUT2D eigenvalue weighted by Gasteiger charge is 2.29. The lowest BCUT2D eigenvalue weighted by molar-refractivity contribution is -0.0238. The van der Waals surface area contributed by atoms with Crippen LogP contribution in [0.4, 0.5) is 10.6 Å². The number of hydrogen-bond donors (Lipinski definition) is 1. The Morgan fingerprint density at radius 2 is 2.41 bits per heavy atom. The van der Waals surface area contributed by atoms with Gasteiger partial charge in [0.25, 0.3) is 0 Å². The molecule has 1 fully saturated rings. The summed E-state index contributed by atoms with van der Waals surface area (Å²) in [6.07, 6.45) is 2.14. The minimum Gasteiger partial charge on any atom is -0.434 e. The molecule has 1 aliphatic rings. The highest BCUT2D eigenvalue weighted by atomic mass is 32.2. The van der Waals surface area contributed by atoms with Gasteiger partial charge in [-0.2, -0.15) is 4.98 Å². The van der Waals surface area contributed by atoms with Crippen molar-refractivity contribution in [3.63, 3.8) is 0 Å². The van der Waals surface area contributed by atoms with Gasteiger partial charge in [-0.25, -0.2) is 9.59 Å². The summed E-state index contributed by atoms with van der Waals surface area (Å²) in [5, 5.41) is 0. The zero-order chi connectivity index (χ0) is 15.9. The SMILES string of the molecule is CCCCOC(=O)OC[C@@H]1O[C@H](n2ccc(N)nc2=O)CS1. The van der Waals surface area contributed by atoms with E-state index in [1.165, 1.54) is 28.6 Å². The van der Waals surface area contributed by atoms with Gasteiger partial charge in [-0.1, -0.05) is 13.3 Å². The average molecular weight is 329 g/mol. The first kappa shape index (κ1) is 16.6. The van der Waals surface area contributed by atoms with Crippen molar-refractivity contribution in [1.29, 1.82) is 0 Å². The quantitative estimate of drug-likeness (QED) is 0.616. The van der Waals surface area contributed by atoms with Crippen LogP contribution in [0.25, 0.3) is 0 Å². The van der Waals surface area contributed by atoms with E-state index in [0.717, 1.165) is 12.8 Å². The fourth-order valence-corrected chi connectivity index (χ4v) is 2.79. The molecule has 8 nitrogen and oxygen atoms in total. The molecule has 2 heterocycles. The molecule has 1 saturated heterocycles. The molecule has 0 spiro atoms. The molecule has 0 bridgehead atoms. The van der Waals surface area contributed by atoms with Gasteiger partial charge in [0.1, 0.15) is 24.1 Å². The molecule has 1 aromatic heterocycles. The van der Waals surface area contributed by atoms with Crippen LogP contribution in [0, 0.1) is 0 Å². The molecule has 2 atom stereocenters. The smallest absolute Gasteiger partial charge is 0.434 e. The molecule has 9 heteroatoms. The number of nitrogens with two attached hydrogens (primary N) is 1. The standard InChI is InChI=1S/C13H19N3O5S/c1-2-3-6-19-13(18)20-7-11-21-10(8-22-11)16-5-4-9(14)15-12(16)17/h4-5,10-11H,2-3,6-8H2,1H3,(H2,14,15,17)/t10-,11+/m0/s1. The molecule has 0 aromatic carbocycles. The van der Waals surface area contributed by atoms with Crippen molar-refractivity contribution in [2.45, 2.75) is 31.4 Å². The summed E-state index contributed by atoms with van der Waals surface area (Å²) >= 11 is 1.45. The van der Waals surface area contributed by atoms with E-state index in [1.807, 2.05) is 6.92 Å². The monoisotopic (exact) mass is 329 g/mol. The summed E-state index contributed by atoms with van der Waals surface area (Å²) < 4.78 is 16.9. The molecule has 2 N–H and O–H groups in total. The Balaban J connectivity index is 1.78. The Morgan fingerprint density at radius 3 is 3.14 bits per heavy atom. The van der Waals surface area contributed by atoms with E-state index in [4.69, 9.17) is 19.9 Å². The van der Waals surface area contributed by atoms with Gasteiger partial charge in [-0.3, -0.25) is 4.57 Å². The third kappa shape index (κ3) is 4.63. The third-order valence-corrected chi connectivity index (χ3v) is 4.05. The molecule has 0 saturated carbocycles. The zero-order valence-corrected chi connectivity index (χ0v) is 13.1. The number of ether oxygens (including phenoxy) is 3. The zero-order valence-electron chi connectivity index (χ0n) is 12.3. The molecule has 0 aliphatic carbocycles. The number of thioether (sulfide) groups is 1. The second-order valence-corrected chi connectivity index (χ2v) is 5.85. The van der Waals surface area contributed by atoms with E-state index >= 15 is 0 Å². The maximum atomic E-state index is 11.7. The van der Waals surface area contributed by atoms with E-state index in [-0.39, 0.29) is 17.9 Å². The highest BCUT2D eigenvalue weighted by molar-refractivity contribution is 8.00. The first-order valence-corrected chi connectivity index (χ1v) is 8.06. The second-order valence-electron chi connectivity index (χ2n) is 4.66. The lowest BCUT2D eigenvalue weighted by Crippen LogP contribution is -2.29. The van der Waals surface area contributed by atoms with Crippen LogP contribution in [0.15, 0.2) is 17.1 Å². The molecule has 22 heavy (non-hydrogen) atoms. The van der Waals surface area contributed by atoms with Crippen LogP contribution in [0.3, 0.4) is 0 Å². The number of nitrogens with zero attached hydrogens (tertiary/aromatic N) is 2. The molecule has 0 radical (unpaired) electrons. The minimum absolute atomic E-state index is 0.0727. The van der Waals surface area contributed by atoms with Crippen LogP contribution in [0.2, 0.25) is 0 Å². The molecule has 1 aliphatic heterocycles. The molecule has 0 unspecified atom stereocenters. The van der Waals surface area contributed by atoms with Crippen LogP contribution in [-0.2, 0) is 14.2 Å². The van der Waals surface area contributed by atoms with E-state index < -0.39 is 18.1 Å². The number of carbonyl (C=O) groups excluding carboxylic acids is 1. The van der Waals surface area contributed by atoms with Gasteiger partial charge in [0.2, 0.25) is 0 Å². The topological polar surface area (TPSA) is 106 Å². The fourth-order valence-electron chi connectivity index (χ4n) is 1.80. The summed E-state index contributed by atoms with van der Waals surface area (Å²) in [6, 6.07) is 1.53. The van der Waals surface area contributed by atoms with Gasteiger partial charge >= 0.3 is 11.8 Å². The summed E-state index contributed by atoms with van der Waals surface area (Å²) in [5.74, 6) is 0.728. The Morgan fingerprint density at radius 1 is 1.59 bits per heavy atom. The number of nitrogen functional groups attached to an aromatic ring is 1. The first-order chi connectivity index (χ1) is 10.6. The number of carbonyl (C=O) groups is 1. The van der Waals surface area contributed by atoms with Gasteiger partial charge in [-0.05, 0) is 12.5 Å². The van der Waals surface area contributed by atoms with Gasteiger partial charge in [0.15, 0.2) is 0 Å². The predicted molar refractivity (Wildman–Crippen MR) is 81.5 cm³/mol. The number of anilines is 1. The van der Waals surface area contributed by atoms with Crippen LogP contribution >= 0.6 is 11.8 Å². The minimum atomic E-state index is -0.701. The Kier molecular flexibility index (Phi) is 6.08. The predicted octanol–water partition coefficient (Wildman–Crippen LogP) is 1.37. The largest absolute Gasteiger partial charge is 0.508 e. The van der Waals surface area contributed by atoms with Crippen LogP contribution in [0.5, 0.6) is 0 Å². The third-order valence-electron chi connectivity index (χ3n) is 2.95. The highest BCUT2D eigenvalue weighted by Crippen LogP contribution is 2.31. The lowest BCUT2D eigenvalue weighted by atomic mass is 10.4. The normalized spacial score (nSPS) is 20.8. The Labute approximate surface area is 131 Å². The van der Waals surface area contributed by atoms with Crippen molar-refractivity contribution in [2.24, 2.45) is 0 Å². The van der Waals surface area contributed by atoms with E-state index in [1.54, 1.807) is 0 Å². The summed E-state index contributed by atoms with van der Waals surface area (Å²) in [6.45, 7) is 2.43. The molecule has 2 rings (SSSR count). The van der Waals surface area contributed by atoms with E-state index in [9.17, 15) is 9.59 Å². The van der Waals surface area contributed by atoms with Crippen molar-refractivity contribution in [3.05, 3.63) is 22.7 Å². The fraction of sp³-hybridized carbons (Fsp3) is 0.615. The number of unbranched alkanes of at least 4 members (excludes halogenated alkanes) is 1. The lowest BCUT2D eigenvalue weighted by Gasteiger charge is -2.14. The molecular formula is C13H19N3O5S. The van der Waals surface area contributed by atoms with Crippen molar-refractivity contribution < 1.29 is 19.0 Å². The molecule has 1 aromatic rings. The Hall–Kier alpha value is -1.74. The van der Waals surface area contributed by atoms with Gasteiger partial charge < -0.3 is 19.9 Å². The number of aromatic nitrogens is 2. The second kappa shape index (κ2) is 8.04. The average Bonchev–Trinajstić information content (AvgIpc) is 2.94. The van der Waals surface area contributed by atoms with Crippen LogP contribution in [-0.4, -0.2) is 40.1 Å². The van der Waals surface area contributed by atoms with Crippen molar-refractivity contribution >= 4 is 23.7 Å². The maximum absolute atomic E-state index is 11.7. The van der Waals surface area contributed by atoms with Gasteiger partial charge in [-0.15, -0.1) is 11.8 Å². The van der Waals surface area contributed by atoms with Gasteiger partial charge in [0, 0.05) is 11.9 Å². The van der Waals surface area contributed by atoms with Crippen LogP contribution in [0.1, 0.15) is 26.0 Å². The van der Waals surface area contributed by atoms with E-state index in [2.05, 4.69) is 4.98 Å². The Bertz CT molecular complexity index is 565. The molecular weight excluding hydrogens is 310 g/mol. The van der Waals surface area contributed by atoms with Crippen molar-refractivity contribution in [1.82, 2.24) is 9.55 Å². The van der Waals surface area contributed by atoms with Crippen LogP contribution < -0.4 is 11.4 Å². The van der Waals surface area contributed by atoms with Gasteiger partial charge in [0.05, 0.1) is 6.61 Å². The van der Waals surface area contributed by atoms with Crippen molar-refractivity contribution in [3.8, 4) is 0 Å². The maximum Gasteiger partial charge on any atom is 0.508 e. The van der Waals surface area contributed by atoms with E-state index in [0.29, 0.717) is 12.4 Å². The number of hydrogen-bond acceptors (Lipinski definition) is 8. The summed E-state index contributed by atoms with van der Waals surface area (Å²) in [4.78, 5) is 26.7. The number of rotatable bonds is 6. The summed E-state index contributed by atoms with van der Waals surface area (Å²) in [7, 11) is 0.